The van der Waals surface area contributed by atoms with Gasteiger partial charge in [-0.3, -0.25) is 4.79 Å². The molecule has 2 N–H and O–H groups in total. The molecular weight excluding hydrogens is 306 g/mol. The van der Waals surface area contributed by atoms with Crippen LogP contribution in [0.2, 0.25) is 0 Å². The number of nitrogens with one attached hydrogen (secondary N) is 1. The van der Waals surface area contributed by atoms with Gasteiger partial charge < -0.3 is 10.4 Å². The maximum absolute atomic E-state index is 11.8. The Bertz CT molecular complexity index is 442. The van der Waals surface area contributed by atoms with Crippen LogP contribution >= 0.6 is 27.3 Å². The van der Waals surface area contributed by atoms with Gasteiger partial charge in [-0.15, -0.1) is 11.3 Å². The molecule has 92 valence electrons. The minimum atomic E-state index is -0.960. The number of hydrogen-bond donors (Lipinski definition) is 2. The van der Waals surface area contributed by atoms with Crippen molar-refractivity contribution in [3.8, 4) is 0 Å². The molecule has 1 aromatic rings. The molecule has 4 nitrogen and oxygen atoms in total. The Morgan fingerprint density at radius 2 is 2.29 bits per heavy atom. The van der Waals surface area contributed by atoms with Gasteiger partial charge in [-0.05, 0) is 39.7 Å². The lowest BCUT2D eigenvalue weighted by molar-refractivity contribution is -0.139. The average Bonchev–Trinajstić information content (AvgIpc) is 2.97. The van der Waals surface area contributed by atoms with Crippen LogP contribution in [-0.4, -0.2) is 23.0 Å². The molecular formula is C11H12BrNO3S. The number of thiophene rings is 1. The summed E-state index contributed by atoms with van der Waals surface area (Å²) in [7, 11) is 0. The third-order valence-electron chi connectivity index (χ3n) is 2.69. The molecule has 0 aromatic carbocycles. The van der Waals surface area contributed by atoms with Crippen LogP contribution in [0.4, 0.5) is 0 Å². The first-order chi connectivity index (χ1) is 8.08. The summed E-state index contributed by atoms with van der Waals surface area (Å²) in [5.41, 5.74) is 0. The van der Waals surface area contributed by atoms with E-state index in [1.54, 1.807) is 11.4 Å². The number of amides is 1. The smallest absolute Gasteiger partial charge is 0.326 e. The molecule has 1 amide bonds. The van der Waals surface area contributed by atoms with Crippen LogP contribution in [0.25, 0.3) is 0 Å². The van der Waals surface area contributed by atoms with Crippen molar-refractivity contribution in [1.82, 2.24) is 5.32 Å². The SMILES string of the molecule is O=C(NC(CC1CC1)C(=O)O)c1sccc1Br. The van der Waals surface area contributed by atoms with E-state index in [1.165, 1.54) is 11.3 Å². The highest BCUT2D eigenvalue weighted by molar-refractivity contribution is 9.10. The molecule has 2 rings (SSSR count). The Balaban J connectivity index is 1.99. The zero-order valence-electron chi connectivity index (χ0n) is 8.98. The second-order valence-electron chi connectivity index (χ2n) is 4.14. The first kappa shape index (κ1) is 12.6. The number of carboxylic acid groups (broad SMARTS) is 1. The normalized spacial score (nSPS) is 16.5. The van der Waals surface area contributed by atoms with Gasteiger partial charge in [-0.2, -0.15) is 0 Å². The lowest BCUT2D eigenvalue weighted by Gasteiger charge is -2.13. The van der Waals surface area contributed by atoms with Crippen molar-refractivity contribution in [1.29, 1.82) is 0 Å². The van der Waals surface area contributed by atoms with Crippen molar-refractivity contribution in [3.63, 3.8) is 0 Å². The van der Waals surface area contributed by atoms with Crippen LogP contribution in [0, 0.1) is 5.92 Å². The molecule has 0 radical (unpaired) electrons. The number of carboxylic acids is 1. The fourth-order valence-corrected chi connectivity index (χ4v) is 3.04. The monoisotopic (exact) mass is 317 g/mol. The Morgan fingerprint density at radius 1 is 1.59 bits per heavy atom. The molecule has 6 heteroatoms. The zero-order valence-corrected chi connectivity index (χ0v) is 11.4. The third-order valence-corrected chi connectivity index (χ3v) is 4.53. The fourth-order valence-electron chi connectivity index (χ4n) is 1.59. The summed E-state index contributed by atoms with van der Waals surface area (Å²) >= 11 is 4.55. The van der Waals surface area contributed by atoms with E-state index in [0.29, 0.717) is 21.7 Å². The van der Waals surface area contributed by atoms with E-state index < -0.39 is 12.0 Å². The summed E-state index contributed by atoms with van der Waals surface area (Å²) in [5, 5.41) is 13.4. The van der Waals surface area contributed by atoms with Gasteiger partial charge in [0.2, 0.25) is 0 Å². The van der Waals surface area contributed by atoms with Crippen LogP contribution in [0.3, 0.4) is 0 Å². The van der Waals surface area contributed by atoms with Crippen molar-refractivity contribution < 1.29 is 14.7 Å². The van der Waals surface area contributed by atoms with Gasteiger partial charge in [0.15, 0.2) is 0 Å². The predicted octanol–water partition coefficient (Wildman–Crippen LogP) is 2.49. The summed E-state index contributed by atoms with van der Waals surface area (Å²) < 4.78 is 0.704. The predicted molar refractivity (Wildman–Crippen MR) is 68.3 cm³/mol. The summed E-state index contributed by atoms with van der Waals surface area (Å²) in [6, 6.07) is 1.000. The number of hydrogen-bond acceptors (Lipinski definition) is 3. The van der Waals surface area contributed by atoms with Crippen molar-refractivity contribution in [2.45, 2.75) is 25.3 Å². The molecule has 1 aliphatic rings. The average molecular weight is 318 g/mol. The second-order valence-corrected chi connectivity index (χ2v) is 5.91. The highest BCUT2D eigenvalue weighted by Crippen LogP contribution is 2.33. The first-order valence-corrected chi connectivity index (χ1v) is 7.02. The number of rotatable bonds is 5. The van der Waals surface area contributed by atoms with E-state index in [-0.39, 0.29) is 5.91 Å². The molecule has 0 aliphatic heterocycles. The standard InChI is InChI=1S/C11H12BrNO3S/c12-7-3-4-17-9(7)10(14)13-8(11(15)16)5-6-1-2-6/h3-4,6,8H,1-2,5H2,(H,13,14)(H,15,16). The largest absolute Gasteiger partial charge is 0.480 e. The zero-order chi connectivity index (χ0) is 12.4. The molecule has 1 heterocycles. The summed E-state index contributed by atoms with van der Waals surface area (Å²) in [4.78, 5) is 23.4. The molecule has 1 atom stereocenters. The van der Waals surface area contributed by atoms with Gasteiger partial charge in [0.25, 0.3) is 5.91 Å². The summed E-state index contributed by atoms with van der Waals surface area (Å²) in [6.07, 6.45) is 2.68. The van der Waals surface area contributed by atoms with Crippen LogP contribution in [0.5, 0.6) is 0 Å². The Hall–Kier alpha value is -0.880. The number of carbonyl (C=O) groups excluding carboxylic acids is 1. The van der Waals surface area contributed by atoms with E-state index in [4.69, 9.17) is 5.11 Å². The topological polar surface area (TPSA) is 66.4 Å². The van der Waals surface area contributed by atoms with Crippen LogP contribution in [0.15, 0.2) is 15.9 Å². The van der Waals surface area contributed by atoms with Gasteiger partial charge in [0, 0.05) is 4.47 Å². The number of aliphatic carboxylic acids is 1. The molecule has 0 saturated heterocycles. The summed E-state index contributed by atoms with van der Waals surface area (Å²) in [6.45, 7) is 0. The van der Waals surface area contributed by atoms with E-state index in [2.05, 4.69) is 21.2 Å². The van der Waals surface area contributed by atoms with Crippen molar-refractivity contribution >= 4 is 39.1 Å². The van der Waals surface area contributed by atoms with Gasteiger partial charge in [0.05, 0.1) is 0 Å². The molecule has 1 fully saturated rings. The van der Waals surface area contributed by atoms with E-state index >= 15 is 0 Å². The number of halogens is 1. The molecule has 1 aliphatic carbocycles. The Kier molecular flexibility index (Phi) is 3.83. The van der Waals surface area contributed by atoms with E-state index in [9.17, 15) is 9.59 Å². The number of carbonyl (C=O) groups is 2. The highest BCUT2D eigenvalue weighted by atomic mass is 79.9. The van der Waals surface area contributed by atoms with Gasteiger partial charge >= 0.3 is 5.97 Å². The van der Waals surface area contributed by atoms with E-state index in [0.717, 1.165) is 12.8 Å². The van der Waals surface area contributed by atoms with Gasteiger partial charge in [0.1, 0.15) is 10.9 Å². The summed E-state index contributed by atoms with van der Waals surface area (Å²) in [5.74, 6) is -0.818. The van der Waals surface area contributed by atoms with Crippen LogP contribution in [0.1, 0.15) is 28.9 Å². The minimum absolute atomic E-state index is 0.320. The van der Waals surface area contributed by atoms with Crippen LogP contribution < -0.4 is 5.32 Å². The van der Waals surface area contributed by atoms with E-state index in [1.807, 2.05) is 0 Å². The fraction of sp³-hybridized carbons (Fsp3) is 0.455. The molecule has 0 bridgehead atoms. The molecule has 17 heavy (non-hydrogen) atoms. The molecule has 0 spiro atoms. The molecule has 1 saturated carbocycles. The maximum Gasteiger partial charge on any atom is 0.326 e. The van der Waals surface area contributed by atoms with Crippen molar-refractivity contribution in [2.75, 3.05) is 0 Å². The molecule has 1 unspecified atom stereocenters. The highest BCUT2D eigenvalue weighted by Gasteiger charge is 2.30. The van der Waals surface area contributed by atoms with Crippen LogP contribution in [-0.2, 0) is 4.79 Å². The van der Waals surface area contributed by atoms with Gasteiger partial charge in [-0.25, -0.2) is 4.79 Å². The minimum Gasteiger partial charge on any atom is -0.480 e. The lowest BCUT2D eigenvalue weighted by Crippen LogP contribution is -2.40. The maximum atomic E-state index is 11.8. The van der Waals surface area contributed by atoms with Gasteiger partial charge in [-0.1, -0.05) is 12.8 Å². The van der Waals surface area contributed by atoms with Crippen molar-refractivity contribution in [3.05, 3.63) is 20.8 Å². The lowest BCUT2D eigenvalue weighted by atomic mass is 10.1. The second kappa shape index (κ2) is 5.18. The Morgan fingerprint density at radius 3 is 2.76 bits per heavy atom. The first-order valence-electron chi connectivity index (χ1n) is 5.34. The van der Waals surface area contributed by atoms with Crippen molar-refractivity contribution in [2.24, 2.45) is 5.92 Å². The quantitative estimate of drug-likeness (QED) is 0.876. The molecule has 1 aromatic heterocycles. The third kappa shape index (κ3) is 3.29. The Labute approximate surface area is 111 Å².